The van der Waals surface area contributed by atoms with Gasteiger partial charge in [0.15, 0.2) is 0 Å². The fourth-order valence-corrected chi connectivity index (χ4v) is 3.62. The zero-order valence-corrected chi connectivity index (χ0v) is 17.6. The van der Waals surface area contributed by atoms with Gasteiger partial charge in [-0.15, -0.1) is 0 Å². The van der Waals surface area contributed by atoms with Gasteiger partial charge in [0, 0.05) is 31.4 Å². The molecule has 1 amide bonds. The average Bonchev–Trinajstić information content (AvgIpc) is 3.02. The van der Waals surface area contributed by atoms with Crippen molar-refractivity contribution in [2.24, 2.45) is 0 Å². The number of methoxy groups -OCH3 is 1. The number of rotatable bonds is 9. The van der Waals surface area contributed by atoms with Crippen LogP contribution in [0.5, 0.6) is 5.75 Å². The highest BCUT2D eigenvalue weighted by atomic mass is 19.1. The van der Waals surface area contributed by atoms with Crippen molar-refractivity contribution in [1.82, 2.24) is 4.90 Å². The van der Waals surface area contributed by atoms with Crippen molar-refractivity contribution in [1.29, 1.82) is 0 Å². The number of hydrogen-bond donors (Lipinski definition) is 1. The van der Waals surface area contributed by atoms with Gasteiger partial charge in [-0.05, 0) is 31.0 Å². The Morgan fingerprint density at radius 3 is 2.61 bits per heavy atom. The number of benzene rings is 2. The van der Waals surface area contributed by atoms with Crippen LogP contribution in [0.3, 0.4) is 0 Å². The molecule has 7 heteroatoms. The number of aliphatic hydroxyl groups is 1. The highest BCUT2D eigenvalue weighted by molar-refractivity contribution is 6.46. The lowest BCUT2D eigenvalue weighted by atomic mass is 9.95. The number of carbonyl (C=O) groups excluding carboxylic acids is 2. The molecule has 1 saturated heterocycles. The van der Waals surface area contributed by atoms with E-state index in [9.17, 15) is 19.1 Å². The average molecular weight is 427 g/mol. The first kappa shape index (κ1) is 22.5. The van der Waals surface area contributed by atoms with Crippen LogP contribution in [0.25, 0.3) is 5.76 Å². The molecule has 1 aliphatic heterocycles. The molecule has 1 atom stereocenters. The van der Waals surface area contributed by atoms with Gasteiger partial charge in [-0.1, -0.05) is 37.3 Å². The first-order chi connectivity index (χ1) is 15.0. The van der Waals surface area contributed by atoms with Gasteiger partial charge in [0.2, 0.25) is 0 Å². The third kappa shape index (κ3) is 4.77. The van der Waals surface area contributed by atoms with Crippen molar-refractivity contribution in [3.05, 3.63) is 71.0 Å². The Labute approximate surface area is 180 Å². The Kier molecular flexibility index (Phi) is 7.41. The Bertz CT molecular complexity index is 987. The minimum Gasteiger partial charge on any atom is -0.507 e. The minimum atomic E-state index is -1.03. The lowest BCUT2D eigenvalue weighted by molar-refractivity contribution is -0.140. The van der Waals surface area contributed by atoms with Crippen molar-refractivity contribution in [2.75, 3.05) is 26.9 Å². The molecule has 0 radical (unpaired) electrons. The highest BCUT2D eigenvalue weighted by Gasteiger charge is 2.46. The number of hydrogen-bond acceptors (Lipinski definition) is 5. The van der Waals surface area contributed by atoms with Gasteiger partial charge < -0.3 is 19.5 Å². The molecule has 0 bridgehead atoms. The summed E-state index contributed by atoms with van der Waals surface area (Å²) in [7, 11) is 1.54. The lowest BCUT2D eigenvalue weighted by Gasteiger charge is -2.25. The summed E-state index contributed by atoms with van der Waals surface area (Å²) in [5, 5.41) is 11.0. The molecule has 6 nitrogen and oxygen atoms in total. The number of aliphatic hydroxyl groups excluding tert-OH is 1. The summed E-state index contributed by atoms with van der Waals surface area (Å²) in [5.74, 6) is -2.00. The van der Waals surface area contributed by atoms with E-state index in [2.05, 4.69) is 0 Å². The molecule has 3 rings (SSSR count). The zero-order chi connectivity index (χ0) is 22.4. The molecular weight excluding hydrogens is 401 g/mol. The summed E-state index contributed by atoms with van der Waals surface area (Å²) in [6.45, 7) is 3.05. The number of ketones is 1. The SMILES string of the molecule is CCCOc1cccc(/C(O)=C2/C(=O)C(=O)N(CCCOC)C2c2ccccc2F)c1. The van der Waals surface area contributed by atoms with E-state index < -0.39 is 23.5 Å². The van der Waals surface area contributed by atoms with Crippen LogP contribution in [0.4, 0.5) is 4.39 Å². The van der Waals surface area contributed by atoms with Crippen LogP contribution in [0.1, 0.15) is 36.9 Å². The molecule has 2 aromatic rings. The second-order valence-corrected chi connectivity index (χ2v) is 7.24. The fourth-order valence-electron chi connectivity index (χ4n) is 3.62. The van der Waals surface area contributed by atoms with E-state index in [-0.39, 0.29) is 23.4 Å². The lowest BCUT2D eigenvalue weighted by Crippen LogP contribution is -2.31. The van der Waals surface area contributed by atoms with Gasteiger partial charge in [-0.3, -0.25) is 9.59 Å². The molecule has 1 fully saturated rings. The van der Waals surface area contributed by atoms with Crippen LogP contribution >= 0.6 is 0 Å². The maximum atomic E-state index is 14.7. The minimum absolute atomic E-state index is 0.139. The van der Waals surface area contributed by atoms with Crippen molar-refractivity contribution < 1.29 is 28.6 Å². The predicted molar refractivity (Wildman–Crippen MR) is 114 cm³/mol. The molecule has 2 aromatic carbocycles. The van der Waals surface area contributed by atoms with Crippen LogP contribution in [0, 0.1) is 5.82 Å². The molecule has 1 N–H and O–H groups in total. The maximum absolute atomic E-state index is 14.7. The molecule has 0 aliphatic carbocycles. The van der Waals surface area contributed by atoms with Crippen molar-refractivity contribution >= 4 is 17.4 Å². The summed E-state index contributed by atoms with van der Waals surface area (Å²) in [6.07, 6.45) is 1.28. The molecule has 0 aromatic heterocycles. The summed E-state index contributed by atoms with van der Waals surface area (Å²) in [6, 6.07) is 11.6. The summed E-state index contributed by atoms with van der Waals surface area (Å²) < 4.78 is 25.4. The number of nitrogens with zero attached hydrogens (tertiary/aromatic N) is 1. The second kappa shape index (κ2) is 10.2. The summed E-state index contributed by atoms with van der Waals surface area (Å²) >= 11 is 0. The number of Topliss-reactive ketones (excluding diaryl/α,β-unsaturated/α-hetero) is 1. The van der Waals surface area contributed by atoms with Crippen molar-refractivity contribution in [2.45, 2.75) is 25.8 Å². The van der Waals surface area contributed by atoms with E-state index in [1.807, 2.05) is 6.92 Å². The number of halogens is 1. The number of ether oxygens (including phenoxy) is 2. The Morgan fingerprint density at radius 1 is 1.13 bits per heavy atom. The molecule has 1 aliphatic rings. The second-order valence-electron chi connectivity index (χ2n) is 7.24. The first-order valence-corrected chi connectivity index (χ1v) is 10.2. The maximum Gasteiger partial charge on any atom is 0.295 e. The van der Waals surface area contributed by atoms with Crippen molar-refractivity contribution in [3.8, 4) is 5.75 Å². The van der Waals surface area contributed by atoms with E-state index in [4.69, 9.17) is 9.47 Å². The largest absolute Gasteiger partial charge is 0.507 e. The number of carbonyl (C=O) groups is 2. The van der Waals surface area contributed by atoms with Gasteiger partial charge in [-0.25, -0.2) is 4.39 Å². The molecule has 0 saturated carbocycles. The summed E-state index contributed by atoms with van der Waals surface area (Å²) in [5.41, 5.74) is 0.337. The van der Waals surface area contributed by atoms with Gasteiger partial charge in [0.25, 0.3) is 11.7 Å². The first-order valence-electron chi connectivity index (χ1n) is 10.2. The quantitative estimate of drug-likeness (QED) is 0.283. The van der Waals surface area contributed by atoms with Crippen LogP contribution in [-0.2, 0) is 14.3 Å². The van der Waals surface area contributed by atoms with E-state index in [1.165, 1.54) is 30.2 Å². The van der Waals surface area contributed by atoms with E-state index in [0.717, 1.165) is 6.42 Å². The van der Waals surface area contributed by atoms with Gasteiger partial charge in [0.05, 0.1) is 18.2 Å². The monoisotopic (exact) mass is 427 g/mol. The zero-order valence-electron chi connectivity index (χ0n) is 17.6. The Balaban J connectivity index is 2.10. The molecule has 31 heavy (non-hydrogen) atoms. The van der Waals surface area contributed by atoms with E-state index in [1.54, 1.807) is 30.3 Å². The van der Waals surface area contributed by atoms with E-state index in [0.29, 0.717) is 30.9 Å². The molecule has 164 valence electrons. The third-order valence-corrected chi connectivity index (χ3v) is 5.07. The predicted octanol–water partition coefficient (Wildman–Crippen LogP) is 4.07. The van der Waals surface area contributed by atoms with Crippen LogP contribution in [-0.4, -0.2) is 48.6 Å². The summed E-state index contributed by atoms with van der Waals surface area (Å²) in [4.78, 5) is 27.0. The Hall–Kier alpha value is -3.19. The van der Waals surface area contributed by atoms with Gasteiger partial charge in [0.1, 0.15) is 17.3 Å². The van der Waals surface area contributed by atoms with Gasteiger partial charge in [-0.2, -0.15) is 0 Å². The van der Waals surface area contributed by atoms with Crippen LogP contribution < -0.4 is 4.74 Å². The molecular formula is C24H26FNO5. The van der Waals surface area contributed by atoms with Crippen LogP contribution in [0.15, 0.2) is 54.1 Å². The topological polar surface area (TPSA) is 76.1 Å². The van der Waals surface area contributed by atoms with Crippen LogP contribution in [0.2, 0.25) is 0 Å². The smallest absolute Gasteiger partial charge is 0.295 e. The fraction of sp³-hybridized carbons (Fsp3) is 0.333. The number of amides is 1. The van der Waals surface area contributed by atoms with Crippen molar-refractivity contribution in [3.63, 3.8) is 0 Å². The standard InChI is InChI=1S/C24H26FNO5/c1-3-13-31-17-9-6-8-16(15-17)22(27)20-21(18-10-4-5-11-19(18)25)26(12-7-14-30-2)24(29)23(20)28/h4-6,8-11,15,21,27H,3,7,12-14H2,1-2H3/b22-20-. The Morgan fingerprint density at radius 2 is 1.90 bits per heavy atom. The van der Waals surface area contributed by atoms with Gasteiger partial charge >= 0.3 is 0 Å². The normalized spacial score (nSPS) is 17.9. The molecule has 1 unspecified atom stereocenters. The third-order valence-electron chi connectivity index (χ3n) is 5.07. The molecule has 1 heterocycles. The number of likely N-dealkylation sites (tertiary alicyclic amines) is 1. The molecule has 0 spiro atoms. The van der Waals surface area contributed by atoms with E-state index >= 15 is 0 Å². The highest BCUT2D eigenvalue weighted by Crippen LogP contribution is 2.40.